The lowest BCUT2D eigenvalue weighted by molar-refractivity contribution is -0.149. The number of hydrogen-bond donors (Lipinski definition) is 1. The van der Waals surface area contributed by atoms with Gasteiger partial charge in [-0.1, -0.05) is 18.0 Å². The van der Waals surface area contributed by atoms with Gasteiger partial charge in [-0.15, -0.1) is 0 Å². The van der Waals surface area contributed by atoms with Crippen LogP contribution in [0.25, 0.3) is 0 Å². The Morgan fingerprint density at radius 2 is 1.82 bits per heavy atom. The molecule has 0 saturated heterocycles. The fourth-order valence-corrected chi connectivity index (χ4v) is 3.45. The summed E-state index contributed by atoms with van der Waals surface area (Å²) in [5.74, 6) is -0.629. The van der Waals surface area contributed by atoms with E-state index in [-0.39, 0.29) is 11.9 Å². The smallest absolute Gasteiger partial charge is 0.335 e. The van der Waals surface area contributed by atoms with E-state index in [2.05, 4.69) is 5.32 Å². The lowest BCUT2D eigenvalue weighted by Crippen LogP contribution is -2.39. The second-order valence-electron chi connectivity index (χ2n) is 5.91. The van der Waals surface area contributed by atoms with Crippen LogP contribution in [0.1, 0.15) is 39.0 Å². The Labute approximate surface area is 134 Å². The number of nitrogens with one attached hydrogen (secondary N) is 1. The maximum Gasteiger partial charge on any atom is 0.335 e. The molecular weight excluding hydrogens is 302 g/mol. The summed E-state index contributed by atoms with van der Waals surface area (Å²) in [7, 11) is 0. The van der Waals surface area contributed by atoms with Crippen LogP contribution >= 0.6 is 11.6 Å². The zero-order chi connectivity index (χ0) is 15.7. The molecular formula is C17H18ClNO3. The molecule has 116 valence electrons. The van der Waals surface area contributed by atoms with Crippen LogP contribution in [0, 0.1) is 0 Å². The molecule has 1 aromatic rings. The van der Waals surface area contributed by atoms with Crippen LogP contribution in [0.2, 0.25) is 5.02 Å². The Morgan fingerprint density at radius 3 is 2.45 bits per heavy atom. The van der Waals surface area contributed by atoms with Crippen LogP contribution in [0.15, 0.2) is 35.4 Å². The quantitative estimate of drug-likeness (QED) is 0.842. The van der Waals surface area contributed by atoms with Crippen LogP contribution in [0.3, 0.4) is 0 Å². The average molecular weight is 320 g/mol. The van der Waals surface area contributed by atoms with E-state index in [0.29, 0.717) is 21.9 Å². The number of hydrogen-bond acceptors (Lipinski definition) is 3. The molecule has 1 saturated carbocycles. The van der Waals surface area contributed by atoms with Crippen molar-refractivity contribution >= 4 is 29.2 Å². The van der Waals surface area contributed by atoms with Gasteiger partial charge in [0, 0.05) is 16.3 Å². The number of anilines is 1. The van der Waals surface area contributed by atoms with Gasteiger partial charge in [-0.05, 0) is 56.9 Å². The molecule has 2 aliphatic rings. The van der Waals surface area contributed by atoms with E-state index < -0.39 is 5.60 Å². The summed E-state index contributed by atoms with van der Waals surface area (Å²) in [4.78, 5) is 24.7. The fraction of sp³-hybridized carbons (Fsp3) is 0.412. The summed E-state index contributed by atoms with van der Waals surface area (Å²) < 4.78 is 5.60. The van der Waals surface area contributed by atoms with Gasteiger partial charge in [-0.2, -0.15) is 0 Å². The van der Waals surface area contributed by atoms with Crippen molar-refractivity contribution in [3.05, 3.63) is 40.4 Å². The van der Waals surface area contributed by atoms with E-state index in [9.17, 15) is 9.59 Å². The molecule has 0 unspecified atom stereocenters. The molecule has 1 N–H and O–H groups in total. The Morgan fingerprint density at radius 1 is 1.18 bits per heavy atom. The predicted molar refractivity (Wildman–Crippen MR) is 84.7 cm³/mol. The molecule has 0 aromatic heterocycles. The summed E-state index contributed by atoms with van der Waals surface area (Å²) in [5.41, 5.74) is 0.844. The zero-order valence-electron chi connectivity index (χ0n) is 12.4. The third kappa shape index (κ3) is 2.63. The molecule has 1 aromatic carbocycles. The van der Waals surface area contributed by atoms with Gasteiger partial charge in [-0.25, -0.2) is 4.79 Å². The number of carbonyl (C=O) groups is 2. The van der Waals surface area contributed by atoms with Crippen molar-refractivity contribution < 1.29 is 14.3 Å². The van der Waals surface area contributed by atoms with E-state index in [0.717, 1.165) is 32.1 Å². The van der Waals surface area contributed by atoms with Crippen molar-refractivity contribution in [1.82, 2.24) is 0 Å². The average Bonchev–Trinajstić information content (AvgIpc) is 2.73. The molecule has 1 heterocycles. The molecule has 1 fully saturated rings. The van der Waals surface area contributed by atoms with Crippen LogP contribution in [-0.4, -0.2) is 17.5 Å². The van der Waals surface area contributed by atoms with Gasteiger partial charge in [0.15, 0.2) is 0 Å². The molecule has 3 rings (SSSR count). The molecule has 4 nitrogen and oxygen atoms in total. The second kappa shape index (κ2) is 5.76. The highest BCUT2D eigenvalue weighted by atomic mass is 35.5. The summed E-state index contributed by atoms with van der Waals surface area (Å²) in [5, 5.41) is 3.45. The lowest BCUT2D eigenvalue weighted by atomic mass is 9.78. The Hall–Kier alpha value is -1.81. The molecule has 1 aliphatic heterocycles. The van der Waals surface area contributed by atoms with Gasteiger partial charge in [-0.3, -0.25) is 4.79 Å². The molecule has 22 heavy (non-hydrogen) atoms. The molecule has 1 amide bonds. The highest BCUT2D eigenvalue weighted by Crippen LogP contribution is 2.44. The van der Waals surface area contributed by atoms with Gasteiger partial charge in [0.1, 0.15) is 5.60 Å². The number of benzene rings is 1. The summed E-state index contributed by atoms with van der Waals surface area (Å²) in [6.45, 7) is 1.67. The Kier molecular flexibility index (Phi) is 3.96. The minimum Gasteiger partial charge on any atom is -0.451 e. The van der Waals surface area contributed by atoms with Crippen LogP contribution < -0.4 is 5.32 Å². The van der Waals surface area contributed by atoms with Crippen LogP contribution in [0.4, 0.5) is 5.69 Å². The Balaban J connectivity index is 1.88. The minimum atomic E-state index is -0.726. The number of amides is 1. The van der Waals surface area contributed by atoms with Crippen molar-refractivity contribution in [3.63, 3.8) is 0 Å². The van der Waals surface area contributed by atoms with Gasteiger partial charge in [0.25, 0.3) is 5.91 Å². The fourth-order valence-electron chi connectivity index (χ4n) is 3.33. The molecule has 1 spiro atoms. The maximum absolute atomic E-state index is 12.7. The van der Waals surface area contributed by atoms with E-state index in [4.69, 9.17) is 16.3 Å². The third-order valence-corrected chi connectivity index (χ3v) is 4.67. The van der Waals surface area contributed by atoms with Crippen molar-refractivity contribution in [2.24, 2.45) is 0 Å². The van der Waals surface area contributed by atoms with Gasteiger partial charge in [0.2, 0.25) is 0 Å². The topological polar surface area (TPSA) is 55.4 Å². The zero-order valence-corrected chi connectivity index (χ0v) is 13.2. The van der Waals surface area contributed by atoms with E-state index in [1.807, 2.05) is 0 Å². The summed E-state index contributed by atoms with van der Waals surface area (Å²) in [6, 6.07) is 6.90. The van der Waals surface area contributed by atoms with E-state index in [1.165, 1.54) is 0 Å². The SMILES string of the molecule is CC1=C(C(=O)Nc2ccc(Cl)cc2)C2(CCCCC2)OC1=O. The molecule has 0 bridgehead atoms. The maximum atomic E-state index is 12.7. The molecule has 5 heteroatoms. The van der Waals surface area contributed by atoms with Crippen LogP contribution in [-0.2, 0) is 14.3 Å². The van der Waals surface area contributed by atoms with Crippen molar-refractivity contribution in [2.75, 3.05) is 5.32 Å². The molecule has 0 radical (unpaired) electrons. The highest BCUT2D eigenvalue weighted by Gasteiger charge is 2.49. The predicted octanol–water partition coefficient (Wildman–Crippen LogP) is 3.85. The van der Waals surface area contributed by atoms with Crippen molar-refractivity contribution in [3.8, 4) is 0 Å². The third-order valence-electron chi connectivity index (χ3n) is 4.42. The highest BCUT2D eigenvalue weighted by molar-refractivity contribution is 6.30. The first-order valence-electron chi connectivity index (χ1n) is 7.53. The lowest BCUT2D eigenvalue weighted by Gasteiger charge is -2.34. The van der Waals surface area contributed by atoms with E-state index in [1.54, 1.807) is 31.2 Å². The van der Waals surface area contributed by atoms with Crippen molar-refractivity contribution in [2.45, 2.75) is 44.6 Å². The summed E-state index contributed by atoms with van der Waals surface area (Å²) >= 11 is 5.85. The van der Waals surface area contributed by atoms with Gasteiger partial charge in [0.05, 0.1) is 5.57 Å². The normalized spacial score (nSPS) is 20.2. The monoisotopic (exact) mass is 319 g/mol. The number of rotatable bonds is 2. The number of esters is 1. The van der Waals surface area contributed by atoms with Gasteiger partial charge < -0.3 is 10.1 Å². The van der Waals surface area contributed by atoms with Crippen LogP contribution in [0.5, 0.6) is 0 Å². The number of halogens is 1. The number of ether oxygens (including phenoxy) is 1. The first-order valence-corrected chi connectivity index (χ1v) is 7.91. The van der Waals surface area contributed by atoms with Crippen molar-refractivity contribution in [1.29, 1.82) is 0 Å². The van der Waals surface area contributed by atoms with Gasteiger partial charge >= 0.3 is 5.97 Å². The van der Waals surface area contributed by atoms with E-state index >= 15 is 0 Å². The minimum absolute atomic E-state index is 0.257. The standard InChI is InChI=1S/C17H18ClNO3/c1-11-14(15(20)19-13-7-5-12(18)6-8-13)17(22-16(11)21)9-3-2-4-10-17/h5-8H,2-4,9-10H2,1H3,(H,19,20). The first kappa shape index (κ1) is 15.1. The molecule has 1 aliphatic carbocycles. The first-order chi connectivity index (χ1) is 10.5. The number of carbonyl (C=O) groups excluding carboxylic acids is 2. The second-order valence-corrected chi connectivity index (χ2v) is 6.34. The summed E-state index contributed by atoms with van der Waals surface area (Å²) in [6.07, 6.45) is 4.50. The largest absolute Gasteiger partial charge is 0.451 e. The Bertz CT molecular complexity index is 642. The molecule has 0 atom stereocenters.